The first kappa shape index (κ1) is 19.8. The Morgan fingerprint density at radius 3 is 2.77 bits per heavy atom. The molecule has 0 bridgehead atoms. The van der Waals surface area contributed by atoms with Gasteiger partial charge in [-0.25, -0.2) is 0 Å². The summed E-state index contributed by atoms with van der Waals surface area (Å²) >= 11 is 12.6. The van der Waals surface area contributed by atoms with E-state index >= 15 is 0 Å². The van der Waals surface area contributed by atoms with E-state index < -0.39 is 0 Å². The minimum absolute atomic E-state index is 0.392. The highest BCUT2D eigenvalue weighted by atomic mass is 35.5. The van der Waals surface area contributed by atoms with Crippen molar-refractivity contribution in [2.45, 2.75) is 57.4 Å². The van der Waals surface area contributed by atoms with Gasteiger partial charge in [-0.05, 0) is 55.5 Å². The van der Waals surface area contributed by atoms with Crippen molar-refractivity contribution in [1.29, 1.82) is 0 Å². The molecule has 1 aliphatic carbocycles. The van der Waals surface area contributed by atoms with E-state index in [-0.39, 0.29) is 0 Å². The molecule has 0 unspecified atom stereocenters. The van der Waals surface area contributed by atoms with Gasteiger partial charge in [0.25, 0.3) is 5.89 Å². The summed E-state index contributed by atoms with van der Waals surface area (Å²) in [7, 11) is 0. The maximum Gasteiger partial charge on any atom is 0.278 e. The number of halogens is 2. The van der Waals surface area contributed by atoms with Crippen LogP contribution in [0, 0.1) is 0 Å². The van der Waals surface area contributed by atoms with Crippen LogP contribution in [0.25, 0.3) is 11.6 Å². The van der Waals surface area contributed by atoms with Crippen LogP contribution in [0.4, 0.5) is 5.69 Å². The van der Waals surface area contributed by atoms with Gasteiger partial charge in [0.1, 0.15) is 0 Å². The summed E-state index contributed by atoms with van der Waals surface area (Å²) in [5, 5.41) is 14.5. The Hall–Kier alpha value is -2.18. The highest BCUT2D eigenvalue weighted by Crippen LogP contribution is 2.34. The highest BCUT2D eigenvalue weighted by molar-refractivity contribution is 6.33. The van der Waals surface area contributed by atoms with E-state index in [1.54, 1.807) is 6.07 Å². The molecular formula is C22H23Cl2N5O. The molecule has 0 spiro atoms. The molecule has 2 aromatic heterocycles. The molecule has 30 heavy (non-hydrogen) atoms. The number of nitrogens with zero attached hydrogens (tertiary/aromatic N) is 5. The summed E-state index contributed by atoms with van der Waals surface area (Å²) in [4.78, 5) is 6.92. The van der Waals surface area contributed by atoms with E-state index in [2.05, 4.69) is 25.2 Å². The van der Waals surface area contributed by atoms with Crippen LogP contribution in [-0.2, 0) is 13.0 Å². The summed E-state index contributed by atoms with van der Waals surface area (Å²) in [5.74, 6) is 1.63. The lowest BCUT2D eigenvalue weighted by Crippen LogP contribution is -2.29. The molecule has 5 rings (SSSR count). The molecule has 3 heterocycles. The quantitative estimate of drug-likeness (QED) is 0.504. The summed E-state index contributed by atoms with van der Waals surface area (Å²) < 4.78 is 5.56. The van der Waals surface area contributed by atoms with Crippen LogP contribution in [0.15, 0.2) is 28.8 Å². The van der Waals surface area contributed by atoms with Crippen LogP contribution >= 0.6 is 23.2 Å². The van der Waals surface area contributed by atoms with Crippen LogP contribution in [0.2, 0.25) is 10.0 Å². The van der Waals surface area contributed by atoms with Crippen molar-refractivity contribution in [1.82, 2.24) is 20.3 Å². The number of anilines is 1. The van der Waals surface area contributed by atoms with E-state index in [1.165, 1.54) is 19.3 Å². The van der Waals surface area contributed by atoms with Crippen LogP contribution < -0.4 is 4.90 Å². The molecule has 0 amide bonds. The first-order valence-corrected chi connectivity index (χ1v) is 11.3. The maximum absolute atomic E-state index is 6.40. The summed E-state index contributed by atoms with van der Waals surface area (Å²) in [6.45, 7) is 1.58. The number of fused-ring (bicyclic) bond motifs is 1. The third kappa shape index (κ3) is 4.03. The second kappa shape index (κ2) is 8.52. The van der Waals surface area contributed by atoms with Gasteiger partial charge in [-0.3, -0.25) is 0 Å². The van der Waals surface area contributed by atoms with Gasteiger partial charge in [-0.15, -0.1) is 5.10 Å². The lowest BCUT2D eigenvalue weighted by Gasteiger charge is -2.30. The fourth-order valence-corrected chi connectivity index (χ4v) is 4.79. The second-order valence-electron chi connectivity index (χ2n) is 8.12. The number of aromatic nitrogens is 4. The van der Waals surface area contributed by atoms with E-state index in [1.807, 2.05) is 18.2 Å². The second-order valence-corrected chi connectivity index (χ2v) is 8.96. The van der Waals surface area contributed by atoms with Crippen LogP contribution in [-0.4, -0.2) is 26.9 Å². The predicted molar refractivity (Wildman–Crippen MR) is 117 cm³/mol. The van der Waals surface area contributed by atoms with E-state index in [9.17, 15) is 0 Å². The average Bonchev–Trinajstić information content (AvgIpc) is 3.27. The van der Waals surface area contributed by atoms with Gasteiger partial charge in [-0.1, -0.05) is 47.6 Å². The zero-order valence-corrected chi connectivity index (χ0v) is 18.2. The molecule has 0 saturated heterocycles. The van der Waals surface area contributed by atoms with Gasteiger partial charge in [0.2, 0.25) is 0 Å². The van der Waals surface area contributed by atoms with Crippen molar-refractivity contribution >= 4 is 28.9 Å². The molecule has 8 heteroatoms. The maximum atomic E-state index is 6.40. The molecule has 2 aliphatic rings. The van der Waals surface area contributed by atoms with Gasteiger partial charge >= 0.3 is 0 Å². The zero-order valence-electron chi connectivity index (χ0n) is 16.7. The third-order valence-electron chi connectivity index (χ3n) is 6.03. The topological polar surface area (TPSA) is 67.9 Å². The van der Waals surface area contributed by atoms with Gasteiger partial charge in [0, 0.05) is 29.1 Å². The fourth-order valence-electron chi connectivity index (χ4n) is 4.42. The molecule has 1 fully saturated rings. The molecule has 6 nitrogen and oxygen atoms in total. The number of aryl methyl sites for hydroxylation is 1. The Kier molecular flexibility index (Phi) is 5.61. The Morgan fingerprint density at radius 2 is 1.90 bits per heavy atom. The van der Waals surface area contributed by atoms with Crippen molar-refractivity contribution in [3.8, 4) is 11.6 Å². The van der Waals surface area contributed by atoms with Gasteiger partial charge in [0.15, 0.2) is 11.5 Å². The van der Waals surface area contributed by atoms with Crippen LogP contribution in [0.5, 0.6) is 0 Å². The zero-order chi connectivity index (χ0) is 20.5. The average molecular weight is 444 g/mol. The van der Waals surface area contributed by atoms with Crippen LogP contribution in [0.1, 0.15) is 61.5 Å². The Balaban J connectivity index is 1.42. The standard InChI is InChI=1S/C22H23Cl2N5O/c23-16-8-9-17(24)15(11-16)13-29-10-4-7-18-20(29)12-19(27-26-18)22-25-21(28-30-22)14-5-2-1-3-6-14/h8-9,11-12,14H,1-7,10,13H2. The van der Waals surface area contributed by atoms with Gasteiger partial charge in [-0.2, -0.15) is 10.1 Å². The smallest absolute Gasteiger partial charge is 0.278 e. The monoisotopic (exact) mass is 443 g/mol. The molecule has 156 valence electrons. The van der Waals surface area contributed by atoms with Crippen molar-refractivity contribution in [3.05, 3.63) is 51.4 Å². The molecule has 0 radical (unpaired) electrons. The van der Waals surface area contributed by atoms with Crippen LogP contribution in [0.3, 0.4) is 0 Å². The summed E-state index contributed by atoms with van der Waals surface area (Å²) in [6, 6.07) is 7.58. The first-order chi connectivity index (χ1) is 14.7. The minimum Gasteiger partial charge on any atom is -0.366 e. The Morgan fingerprint density at radius 1 is 1.03 bits per heavy atom. The molecule has 1 saturated carbocycles. The number of hydrogen-bond donors (Lipinski definition) is 0. The number of rotatable bonds is 4. The van der Waals surface area contributed by atoms with E-state index in [0.29, 0.717) is 34.1 Å². The van der Waals surface area contributed by atoms with Gasteiger partial charge < -0.3 is 9.42 Å². The molecule has 0 N–H and O–H groups in total. The summed E-state index contributed by atoms with van der Waals surface area (Å²) in [5.41, 5.74) is 3.63. The van der Waals surface area contributed by atoms with Crippen molar-refractivity contribution in [2.24, 2.45) is 0 Å². The summed E-state index contributed by atoms with van der Waals surface area (Å²) in [6.07, 6.45) is 7.93. The van der Waals surface area contributed by atoms with E-state index in [4.69, 9.17) is 27.7 Å². The fraction of sp³-hybridized carbons (Fsp3) is 0.455. The normalized spacial score (nSPS) is 17.2. The highest BCUT2D eigenvalue weighted by Gasteiger charge is 2.25. The SMILES string of the molecule is Clc1ccc(Cl)c(CN2CCCc3nnc(-c4nc(C5CCCCC5)no4)cc32)c1. The van der Waals surface area contributed by atoms with Crippen molar-refractivity contribution in [3.63, 3.8) is 0 Å². The first-order valence-electron chi connectivity index (χ1n) is 10.6. The Labute approximate surface area is 185 Å². The van der Waals surface area contributed by atoms with E-state index in [0.717, 1.165) is 55.0 Å². The predicted octanol–water partition coefficient (Wildman–Crippen LogP) is 5.83. The number of benzene rings is 1. The minimum atomic E-state index is 0.392. The molecule has 3 aromatic rings. The number of hydrogen-bond acceptors (Lipinski definition) is 6. The molecule has 1 aliphatic heterocycles. The third-order valence-corrected chi connectivity index (χ3v) is 6.63. The van der Waals surface area contributed by atoms with Crippen molar-refractivity contribution in [2.75, 3.05) is 11.4 Å². The van der Waals surface area contributed by atoms with Crippen molar-refractivity contribution < 1.29 is 4.52 Å². The Bertz CT molecular complexity index is 1050. The largest absolute Gasteiger partial charge is 0.366 e. The molecule has 1 aromatic carbocycles. The molecule has 0 atom stereocenters. The lowest BCUT2D eigenvalue weighted by atomic mass is 9.89. The lowest BCUT2D eigenvalue weighted by molar-refractivity contribution is 0.384. The molecular weight excluding hydrogens is 421 g/mol. The van der Waals surface area contributed by atoms with Gasteiger partial charge in [0.05, 0.1) is 11.4 Å².